The predicted octanol–water partition coefficient (Wildman–Crippen LogP) is 4.43. The second-order valence-electron chi connectivity index (χ2n) is 7.19. The number of benzene rings is 2. The van der Waals surface area contributed by atoms with Crippen LogP contribution in [0.5, 0.6) is 11.5 Å². The smallest absolute Gasteiger partial charge is 0.255 e. The van der Waals surface area contributed by atoms with Gasteiger partial charge in [0.2, 0.25) is 0 Å². The van der Waals surface area contributed by atoms with Crippen LogP contribution in [-0.2, 0) is 0 Å². The summed E-state index contributed by atoms with van der Waals surface area (Å²) in [4.78, 5) is 24.9. The van der Waals surface area contributed by atoms with Crippen molar-refractivity contribution in [1.82, 2.24) is 5.32 Å². The van der Waals surface area contributed by atoms with Gasteiger partial charge >= 0.3 is 0 Å². The van der Waals surface area contributed by atoms with Gasteiger partial charge in [0, 0.05) is 22.4 Å². The minimum Gasteiger partial charge on any atom is -0.493 e. The van der Waals surface area contributed by atoms with Crippen LogP contribution >= 0.6 is 0 Å². The van der Waals surface area contributed by atoms with Crippen LogP contribution in [0, 0.1) is 0 Å². The van der Waals surface area contributed by atoms with Crippen molar-refractivity contribution in [3.63, 3.8) is 0 Å². The van der Waals surface area contributed by atoms with Gasteiger partial charge in [0.1, 0.15) is 6.61 Å². The first kappa shape index (κ1) is 22.0. The summed E-state index contributed by atoms with van der Waals surface area (Å²) in [5, 5.41) is 5.80. The zero-order chi connectivity index (χ0) is 21.4. The van der Waals surface area contributed by atoms with Crippen molar-refractivity contribution in [3.8, 4) is 11.5 Å². The highest BCUT2D eigenvalue weighted by molar-refractivity contribution is 6.05. The molecular weight excluding hydrogens is 368 g/mol. The van der Waals surface area contributed by atoms with E-state index in [1.54, 1.807) is 48.5 Å². The summed E-state index contributed by atoms with van der Waals surface area (Å²) in [6.07, 6.45) is 2.46. The highest BCUT2D eigenvalue weighted by atomic mass is 16.5. The van der Waals surface area contributed by atoms with E-state index < -0.39 is 0 Å². The predicted molar refractivity (Wildman–Crippen MR) is 115 cm³/mol. The number of methoxy groups -OCH3 is 1. The normalized spacial score (nSPS) is 10.8. The van der Waals surface area contributed by atoms with Gasteiger partial charge in [-0.3, -0.25) is 9.59 Å². The molecule has 0 bridgehead atoms. The number of amides is 2. The first-order chi connectivity index (χ1) is 13.8. The van der Waals surface area contributed by atoms with E-state index in [9.17, 15) is 9.59 Å². The third-order valence-corrected chi connectivity index (χ3v) is 4.52. The molecule has 0 atom stereocenters. The zero-order valence-electron chi connectivity index (χ0n) is 17.4. The van der Waals surface area contributed by atoms with Crippen LogP contribution in [0.2, 0.25) is 0 Å². The molecule has 6 heteroatoms. The van der Waals surface area contributed by atoms with Gasteiger partial charge in [-0.25, -0.2) is 0 Å². The van der Waals surface area contributed by atoms with Gasteiger partial charge in [-0.05, 0) is 62.7 Å². The van der Waals surface area contributed by atoms with E-state index in [0.29, 0.717) is 34.9 Å². The highest BCUT2D eigenvalue weighted by Gasteiger charge is 2.19. The standard InChI is InChI=1S/C23H28N2O4/c1-6-14-29-19-13-10-17(15-20(19)28-5)21(26)24-18-11-8-16(9-12-18)22(27)25-23(3,4)7-2/h6,8-13,15H,1,7,14H2,2-5H3,(H,24,26)(H,25,27). The molecule has 0 aromatic heterocycles. The van der Waals surface area contributed by atoms with Crippen molar-refractivity contribution < 1.29 is 19.1 Å². The van der Waals surface area contributed by atoms with Crippen molar-refractivity contribution >= 4 is 17.5 Å². The summed E-state index contributed by atoms with van der Waals surface area (Å²) in [5.74, 6) is 0.567. The molecule has 2 rings (SSSR count). The molecule has 0 unspecified atom stereocenters. The molecule has 29 heavy (non-hydrogen) atoms. The van der Waals surface area contributed by atoms with E-state index in [4.69, 9.17) is 9.47 Å². The number of hydrogen-bond donors (Lipinski definition) is 2. The summed E-state index contributed by atoms with van der Waals surface area (Å²) < 4.78 is 10.8. The van der Waals surface area contributed by atoms with Crippen LogP contribution < -0.4 is 20.1 Å². The summed E-state index contributed by atoms with van der Waals surface area (Å²) in [6, 6.07) is 11.7. The van der Waals surface area contributed by atoms with Crippen molar-refractivity contribution in [3.05, 3.63) is 66.2 Å². The fourth-order valence-electron chi connectivity index (χ4n) is 2.45. The van der Waals surface area contributed by atoms with Crippen LogP contribution in [0.3, 0.4) is 0 Å². The van der Waals surface area contributed by atoms with Gasteiger partial charge in [0.15, 0.2) is 11.5 Å². The number of ether oxygens (including phenoxy) is 2. The van der Waals surface area contributed by atoms with E-state index >= 15 is 0 Å². The second-order valence-corrected chi connectivity index (χ2v) is 7.19. The maximum absolute atomic E-state index is 12.5. The average molecular weight is 396 g/mol. The fourth-order valence-corrected chi connectivity index (χ4v) is 2.45. The van der Waals surface area contributed by atoms with E-state index in [1.807, 2.05) is 20.8 Å². The number of anilines is 1. The van der Waals surface area contributed by atoms with Gasteiger partial charge < -0.3 is 20.1 Å². The molecule has 0 aliphatic heterocycles. The van der Waals surface area contributed by atoms with Gasteiger partial charge in [-0.15, -0.1) is 0 Å². The van der Waals surface area contributed by atoms with E-state index in [2.05, 4.69) is 17.2 Å². The SMILES string of the molecule is C=CCOc1ccc(C(=O)Nc2ccc(C(=O)NC(C)(C)CC)cc2)cc1OC. The summed E-state index contributed by atoms with van der Waals surface area (Å²) >= 11 is 0. The number of carbonyl (C=O) groups excluding carboxylic acids is 2. The summed E-state index contributed by atoms with van der Waals surface area (Å²) in [7, 11) is 1.52. The van der Waals surface area contributed by atoms with Crippen LogP contribution in [-0.4, -0.2) is 31.1 Å². The summed E-state index contributed by atoms with van der Waals surface area (Å²) in [5.41, 5.74) is 1.28. The first-order valence-corrected chi connectivity index (χ1v) is 9.45. The molecule has 0 aliphatic carbocycles. The molecule has 0 radical (unpaired) electrons. The average Bonchev–Trinajstić information content (AvgIpc) is 2.72. The summed E-state index contributed by atoms with van der Waals surface area (Å²) in [6.45, 7) is 9.92. The molecule has 0 spiro atoms. The Hall–Kier alpha value is -3.28. The lowest BCUT2D eigenvalue weighted by molar-refractivity contribution is 0.0911. The van der Waals surface area contributed by atoms with E-state index in [-0.39, 0.29) is 17.4 Å². The second kappa shape index (κ2) is 9.78. The van der Waals surface area contributed by atoms with Gasteiger partial charge in [0.25, 0.3) is 11.8 Å². The molecule has 2 amide bonds. The molecule has 0 heterocycles. The van der Waals surface area contributed by atoms with Crippen LogP contribution in [0.4, 0.5) is 5.69 Å². The van der Waals surface area contributed by atoms with Crippen molar-refractivity contribution in [1.29, 1.82) is 0 Å². The lowest BCUT2D eigenvalue weighted by atomic mass is 10.0. The van der Waals surface area contributed by atoms with Gasteiger partial charge in [-0.1, -0.05) is 19.6 Å². The zero-order valence-corrected chi connectivity index (χ0v) is 17.4. The van der Waals surface area contributed by atoms with Gasteiger partial charge in [-0.2, -0.15) is 0 Å². The third-order valence-electron chi connectivity index (χ3n) is 4.52. The quantitative estimate of drug-likeness (QED) is 0.615. The lowest BCUT2D eigenvalue weighted by Crippen LogP contribution is -2.42. The molecule has 0 aliphatic rings. The maximum atomic E-state index is 12.5. The topological polar surface area (TPSA) is 76.7 Å². The van der Waals surface area contributed by atoms with Crippen molar-refractivity contribution in [2.75, 3.05) is 19.0 Å². The van der Waals surface area contributed by atoms with Gasteiger partial charge in [0.05, 0.1) is 7.11 Å². The Bertz CT molecular complexity index is 873. The Morgan fingerprint density at radius 3 is 2.28 bits per heavy atom. The Balaban J connectivity index is 2.07. The largest absolute Gasteiger partial charge is 0.493 e. The minimum atomic E-state index is -0.289. The maximum Gasteiger partial charge on any atom is 0.255 e. The van der Waals surface area contributed by atoms with E-state index in [0.717, 1.165) is 6.42 Å². The number of carbonyl (C=O) groups is 2. The third kappa shape index (κ3) is 6.10. The molecule has 2 N–H and O–H groups in total. The molecule has 0 fully saturated rings. The van der Waals surface area contributed by atoms with Crippen molar-refractivity contribution in [2.24, 2.45) is 0 Å². The minimum absolute atomic E-state index is 0.144. The Kier molecular flexibility index (Phi) is 7.42. The molecule has 2 aromatic rings. The Morgan fingerprint density at radius 1 is 1.03 bits per heavy atom. The number of hydrogen-bond acceptors (Lipinski definition) is 4. The van der Waals surface area contributed by atoms with Crippen LogP contribution in [0.15, 0.2) is 55.1 Å². The molecule has 2 aromatic carbocycles. The molecule has 0 saturated heterocycles. The Morgan fingerprint density at radius 2 is 1.69 bits per heavy atom. The monoisotopic (exact) mass is 396 g/mol. The molecule has 6 nitrogen and oxygen atoms in total. The molecule has 154 valence electrons. The van der Waals surface area contributed by atoms with E-state index in [1.165, 1.54) is 7.11 Å². The Labute approximate surface area is 171 Å². The molecular formula is C23H28N2O4. The highest BCUT2D eigenvalue weighted by Crippen LogP contribution is 2.28. The molecule has 0 saturated carbocycles. The lowest BCUT2D eigenvalue weighted by Gasteiger charge is -2.24. The first-order valence-electron chi connectivity index (χ1n) is 9.45. The van der Waals surface area contributed by atoms with Crippen molar-refractivity contribution in [2.45, 2.75) is 32.7 Å². The number of rotatable bonds is 9. The number of nitrogens with one attached hydrogen (secondary N) is 2. The fraction of sp³-hybridized carbons (Fsp3) is 0.304. The van der Waals surface area contributed by atoms with Crippen LogP contribution in [0.1, 0.15) is 47.9 Å². The van der Waals surface area contributed by atoms with Crippen LogP contribution in [0.25, 0.3) is 0 Å².